The summed E-state index contributed by atoms with van der Waals surface area (Å²) >= 11 is 2.93. The van der Waals surface area contributed by atoms with Crippen molar-refractivity contribution in [2.75, 3.05) is 12.9 Å². The van der Waals surface area contributed by atoms with E-state index in [1.54, 1.807) is 13.3 Å². The molecule has 0 saturated heterocycles. The number of hydrogen-bond donors (Lipinski definition) is 1. The number of hydrazone groups is 1. The molecular formula is C19H17N3O2S2. The average Bonchev–Trinajstić information content (AvgIpc) is 3.16. The number of methoxy groups -OCH3 is 1. The van der Waals surface area contributed by atoms with Crippen molar-refractivity contribution in [3.8, 4) is 17.0 Å². The Morgan fingerprint density at radius 2 is 2.12 bits per heavy atom. The Hall–Kier alpha value is -2.64. The summed E-state index contributed by atoms with van der Waals surface area (Å²) in [5.41, 5.74) is 5.37. The topological polar surface area (TPSA) is 63.6 Å². The minimum atomic E-state index is -0.175. The molecule has 3 rings (SSSR count). The van der Waals surface area contributed by atoms with E-state index < -0.39 is 0 Å². The molecule has 2 aromatic carbocycles. The summed E-state index contributed by atoms with van der Waals surface area (Å²) in [5, 5.41) is 5.97. The highest BCUT2D eigenvalue weighted by Crippen LogP contribution is 2.27. The van der Waals surface area contributed by atoms with Crippen molar-refractivity contribution in [1.29, 1.82) is 0 Å². The van der Waals surface area contributed by atoms with Crippen LogP contribution in [0.25, 0.3) is 11.3 Å². The van der Waals surface area contributed by atoms with Crippen LogP contribution in [0.1, 0.15) is 5.56 Å². The van der Waals surface area contributed by atoms with E-state index in [0.717, 1.165) is 26.9 Å². The first-order chi connectivity index (χ1) is 12.7. The minimum Gasteiger partial charge on any atom is -0.497 e. The molecule has 0 atom stereocenters. The molecule has 1 heterocycles. The fraction of sp³-hybridized carbons (Fsp3) is 0.105. The van der Waals surface area contributed by atoms with Gasteiger partial charge in [-0.3, -0.25) is 4.79 Å². The number of carbonyl (C=O) groups excluding carboxylic acids is 1. The Bertz CT molecular complexity index is 895. The van der Waals surface area contributed by atoms with Crippen LogP contribution in [0.2, 0.25) is 0 Å². The highest BCUT2D eigenvalue weighted by atomic mass is 32.2. The van der Waals surface area contributed by atoms with Crippen LogP contribution in [-0.2, 0) is 4.79 Å². The molecule has 1 N–H and O–H groups in total. The number of thiazole rings is 1. The van der Waals surface area contributed by atoms with Gasteiger partial charge in [0.1, 0.15) is 5.75 Å². The van der Waals surface area contributed by atoms with Crippen molar-refractivity contribution < 1.29 is 9.53 Å². The van der Waals surface area contributed by atoms with Gasteiger partial charge >= 0.3 is 0 Å². The number of carbonyl (C=O) groups is 1. The number of benzene rings is 2. The van der Waals surface area contributed by atoms with Gasteiger partial charge in [-0.05, 0) is 17.7 Å². The van der Waals surface area contributed by atoms with Crippen LogP contribution < -0.4 is 10.2 Å². The summed E-state index contributed by atoms with van der Waals surface area (Å²) in [4.78, 5) is 16.5. The first kappa shape index (κ1) is 18.2. The van der Waals surface area contributed by atoms with Gasteiger partial charge in [-0.1, -0.05) is 54.2 Å². The molecule has 0 aliphatic rings. The second-order valence-corrected chi connectivity index (χ2v) is 7.30. The lowest BCUT2D eigenvalue weighted by Gasteiger charge is -2.00. The van der Waals surface area contributed by atoms with E-state index in [9.17, 15) is 4.79 Å². The maximum absolute atomic E-state index is 11.9. The predicted molar refractivity (Wildman–Crippen MR) is 107 cm³/mol. The van der Waals surface area contributed by atoms with Crippen LogP contribution in [-0.4, -0.2) is 30.0 Å². The van der Waals surface area contributed by atoms with Gasteiger partial charge in [0.2, 0.25) is 0 Å². The summed E-state index contributed by atoms with van der Waals surface area (Å²) in [6.45, 7) is 0. The molecule has 1 aromatic heterocycles. The van der Waals surface area contributed by atoms with Crippen LogP contribution in [0.4, 0.5) is 0 Å². The quantitative estimate of drug-likeness (QED) is 0.380. The molecule has 7 heteroatoms. The molecule has 26 heavy (non-hydrogen) atoms. The first-order valence-electron chi connectivity index (χ1n) is 7.84. The van der Waals surface area contributed by atoms with Crippen molar-refractivity contribution in [3.05, 3.63) is 65.5 Å². The van der Waals surface area contributed by atoms with E-state index in [4.69, 9.17) is 4.74 Å². The van der Waals surface area contributed by atoms with Crippen molar-refractivity contribution in [3.63, 3.8) is 0 Å². The zero-order valence-corrected chi connectivity index (χ0v) is 15.7. The largest absolute Gasteiger partial charge is 0.497 e. The zero-order valence-electron chi connectivity index (χ0n) is 14.1. The summed E-state index contributed by atoms with van der Waals surface area (Å²) in [7, 11) is 1.61. The van der Waals surface area contributed by atoms with Gasteiger partial charge < -0.3 is 4.74 Å². The lowest BCUT2D eigenvalue weighted by atomic mass is 10.2. The Labute approximate surface area is 160 Å². The molecule has 0 radical (unpaired) electrons. The van der Waals surface area contributed by atoms with E-state index in [-0.39, 0.29) is 11.7 Å². The smallest absolute Gasteiger partial charge is 0.250 e. The Morgan fingerprint density at radius 3 is 2.92 bits per heavy atom. The second-order valence-electron chi connectivity index (χ2n) is 5.22. The maximum atomic E-state index is 11.9. The van der Waals surface area contributed by atoms with Gasteiger partial charge in [-0.25, -0.2) is 10.4 Å². The molecule has 0 saturated carbocycles. The van der Waals surface area contributed by atoms with Crippen molar-refractivity contribution in [1.82, 2.24) is 10.4 Å². The van der Waals surface area contributed by atoms with Gasteiger partial charge in [-0.15, -0.1) is 11.3 Å². The van der Waals surface area contributed by atoms with Crippen LogP contribution in [0.15, 0.2) is 69.4 Å². The molecule has 0 unspecified atom stereocenters. The van der Waals surface area contributed by atoms with Gasteiger partial charge in [-0.2, -0.15) is 5.10 Å². The summed E-state index contributed by atoms with van der Waals surface area (Å²) in [6, 6.07) is 17.4. The van der Waals surface area contributed by atoms with Gasteiger partial charge in [0.15, 0.2) is 4.34 Å². The van der Waals surface area contributed by atoms with Crippen LogP contribution >= 0.6 is 23.1 Å². The highest BCUT2D eigenvalue weighted by molar-refractivity contribution is 8.01. The number of nitrogens with one attached hydrogen (secondary N) is 1. The summed E-state index contributed by atoms with van der Waals surface area (Å²) in [5.74, 6) is 0.830. The third-order valence-corrected chi connectivity index (χ3v) is 5.40. The van der Waals surface area contributed by atoms with Gasteiger partial charge in [0.25, 0.3) is 5.91 Å². The minimum absolute atomic E-state index is 0.175. The van der Waals surface area contributed by atoms with E-state index in [2.05, 4.69) is 15.5 Å². The fourth-order valence-corrected chi connectivity index (χ4v) is 3.75. The zero-order chi connectivity index (χ0) is 18.2. The molecule has 0 spiro atoms. The molecule has 132 valence electrons. The van der Waals surface area contributed by atoms with Crippen molar-refractivity contribution >= 4 is 35.2 Å². The van der Waals surface area contributed by atoms with Crippen LogP contribution in [0.3, 0.4) is 0 Å². The lowest BCUT2D eigenvalue weighted by molar-refractivity contribution is -0.118. The Morgan fingerprint density at radius 1 is 1.27 bits per heavy atom. The van der Waals surface area contributed by atoms with Gasteiger partial charge in [0.05, 0.1) is 24.8 Å². The predicted octanol–water partition coefficient (Wildman–Crippen LogP) is 4.06. The van der Waals surface area contributed by atoms with E-state index >= 15 is 0 Å². The molecule has 0 fully saturated rings. The first-order valence-corrected chi connectivity index (χ1v) is 9.71. The molecule has 5 nitrogen and oxygen atoms in total. The van der Waals surface area contributed by atoms with Crippen LogP contribution in [0, 0.1) is 0 Å². The SMILES string of the molecule is COc1cccc(/C=N/NC(=O)CSc2nc(-c3ccccc3)cs2)c1. The maximum Gasteiger partial charge on any atom is 0.250 e. The number of ether oxygens (including phenoxy) is 1. The number of hydrogen-bond acceptors (Lipinski definition) is 6. The molecule has 0 aliphatic heterocycles. The molecule has 0 bridgehead atoms. The number of thioether (sulfide) groups is 1. The lowest BCUT2D eigenvalue weighted by Crippen LogP contribution is -2.19. The third-order valence-electron chi connectivity index (χ3n) is 3.38. The van der Waals surface area contributed by atoms with E-state index in [1.807, 2.05) is 60.0 Å². The molecule has 1 amide bonds. The van der Waals surface area contributed by atoms with Crippen molar-refractivity contribution in [2.24, 2.45) is 5.10 Å². The fourth-order valence-electron chi connectivity index (χ4n) is 2.13. The van der Waals surface area contributed by atoms with Crippen LogP contribution in [0.5, 0.6) is 5.75 Å². The molecule has 0 aliphatic carbocycles. The number of aromatic nitrogens is 1. The normalized spacial score (nSPS) is 10.8. The van der Waals surface area contributed by atoms with E-state index in [1.165, 1.54) is 23.1 Å². The Balaban J connectivity index is 1.48. The van der Waals surface area contributed by atoms with Crippen molar-refractivity contribution in [2.45, 2.75) is 4.34 Å². The number of nitrogens with zero attached hydrogens (tertiary/aromatic N) is 2. The highest BCUT2D eigenvalue weighted by Gasteiger charge is 2.07. The third kappa shape index (κ3) is 5.18. The number of rotatable bonds is 7. The Kier molecular flexibility index (Phi) is 6.40. The van der Waals surface area contributed by atoms with Gasteiger partial charge in [0, 0.05) is 10.9 Å². The van der Waals surface area contributed by atoms with E-state index in [0.29, 0.717) is 0 Å². The summed E-state index contributed by atoms with van der Waals surface area (Å²) < 4.78 is 6.00. The summed E-state index contributed by atoms with van der Waals surface area (Å²) in [6.07, 6.45) is 1.59. The second kappa shape index (κ2) is 9.17. The average molecular weight is 383 g/mol. The standard InChI is InChI=1S/C19H17N3O2S2/c1-24-16-9-5-6-14(10-16)11-20-22-18(23)13-26-19-21-17(12-25-19)15-7-3-2-4-8-15/h2-12H,13H2,1H3,(H,22,23)/b20-11+. The molecular weight excluding hydrogens is 366 g/mol. The number of amides is 1. The monoisotopic (exact) mass is 383 g/mol. The molecule has 3 aromatic rings.